The van der Waals surface area contributed by atoms with Gasteiger partial charge in [-0.25, -0.2) is 22.8 Å². The van der Waals surface area contributed by atoms with Crippen molar-refractivity contribution in [2.75, 3.05) is 43.5 Å². The molecule has 0 spiro atoms. The molecule has 0 radical (unpaired) electrons. The summed E-state index contributed by atoms with van der Waals surface area (Å²) >= 11 is 0. The highest BCUT2D eigenvalue weighted by atomic mass is 32.2. The van der Waals surface area contributed by atoms with Gasteiger partial charge in [0.2, 0.25) is 33.7 Å². The fraction of sp³-hybridized carbons (Fsp3) is 0.583. The molecule has 5 heterocycles. The van der Waals surface area contributed by atoms with Crippen molar-refractivity contribution >= 4 is 21.9 Å². The minimum absolute atomic E-state index is 0.0345. The Morgan fingerprint density at radius 2 is 1.78 bits per heavy atom. The predicted molar refractivity (Wildman–Crippen MR) is 143 cm³/mol. The molecule has 3 aromatic rings. The zero-order chi connectivity index (χ0) is 29.1. The molecule has 41 heavy (non-hydrogen) atoms. The Morgan fingerprint density at radius 1 is 1.07 bits per heavy atom. The molecule has 2 aliphatic rings. The van der Waals surface area contributed by atoms with Gasteiger partial charge in [-0.05, 0) is 33.1 Å². The van der Waals surface area contributed by atoms with Crippen LogP contribution < -0.4 is 19.1 Å². The normalized spacial score (nSPS) is 21.3. The Kier molecular flexibility index (Phi) is 8.46. The first-order valence-corrected chi connectivity index (χ1v) is 14.6. The number of nitrogens with one attached hydrogen (secondary N) is 1. The number of hydrogen-bond donors (Lipinski definition) is 1. The molecule has 1 N–H and O–H groups in total. The van der Waals surface area contributed by atoms with Crippen molar-refractivity contribution in [2.24, 2.45) is 0 Å². The van der Waals surface area contributed by atoms with E-state index in [1.165, 1.54) is 25.1 Å². The van der Waals surface area contributed by atoms with Crippen LogP contribution >= 0.6 is 0 Å². The number of ether oxygens (including phenoxy) is 4. The van der Waals surface area contributed by atoms with Crippen LogP contribution in [-0.2, 0) is 19.5 Å². The van der Waals surface area contributed by atoms with Crippen molar-refractivity contribution in [3.63, 3.8) is 0 Å². The molecule has 3 aromatic heterocycles. The highest BCUT2D eigenvalue weighted by Crippen LogP contribution is 2.37. The molecular weight excluding hydrogens is 561 g/mol. The maximum absolute atomic E-state index is 13.9. The van der Waals surface area contributed by atoms with E-state index in [0.29, 0.717) is 25.4 Å². The van der Waals surface area contributed by atoms with E-state index in [9.17, 15) is 12.8 Å². The zero-order valence-electron chi connectivity index (χ0n) is 23.1. The van der Waals surface area contributed by atoms with Crippen LogP contribution in [0, 0.1) is 5.82 Å². The van der Waals surface area contributed by atoms with Gasteiger partial charge in [0.1, 0.15) is 17.7 Å². The lowest BCUT2D eigenvalue weighted by atomic mass is 10.1. The number of rotatable bonds is 10. The van der Waals surface area contributed by atoms with Gasteiger partial charge in [-0.15, -0.1) is 10.2 Å². The number of methoxy groups -OCH3 is 2. The maximum Gasteiger partial charge on any atom is 0.245 e. The van der Waals surface area contributed by atoms with Crippen LogP contribution in [-0.4, -0.2) is 94.5 Å². The largest absolute Gasteiger partial charge is 0.479 e. The second-order valence-electron chi connectivity index (χ2n) is 9.88. The van der Waals surface area contributed by atoms with Gasteiger partial charge in [-0.1, -0.05) is 0 Å². The second kappa shape index (κ2) is 12.0. The smallest absolute Gasteiger partial charge is 0.245 e. The molecular formula is C24H32FN9O6S. The van der Waals surface area contributed by atoms with E-state index in [1.54, 1.807) is 4.90 Å². The van der Waals surface area contributed by atoms with Crippen molar-refractivity contribution in [1.29, 1.82) is 0 Å². The third kappa shape index (κ3) is 6.15. The number of halogens is 1. The third-order valence-electron chi connectivity index (χ3n) is 6.67. The topological polar surface area (TPSA) is 169 Å². The number of sulfonamides is 1. The minimum atomic E-state index is -4.12. The molecule has 0 saturated carbocycles. The molecule has 0 unspecified atom stereocenters. The first-order valence-electron chi connectivity index (χ1n) is 13.1. The van der Waals surface area contributed by atoms with Crippen LogP contribution in [0.3, 0.4) is 0 Å². The maximum atomic E-state index is 13.9. The molecule has 3 atom stereocenters. The Balaban J connectivity index is 1.52. The van der Waals surface area contributed by atoms with Crippen molar-refractivity contribution in [3.8, 4) is 17.4 Å². The molecule has 15 nitrogen and oxygen atoms in total. The first-order chi connectivity index (χ1) is 19.7. The van der Waals surface area contributed by atoms with Gasteiger partial charge in [0, 0.05) is 19.7 Å². The number of anilines is 2. The molecule has 0 aliphatic carbocycles. The fourth-order valence-electron chi connectivity index (χ4n) is 4.97. The Hall–Kier alpha value is -3.70. The van der Waals surface area contributed by atoms with E-state index in [1.807, 2.05) is 13.8 Å². The van der Waals surface area contributed by atoms with Crippen molar-refractivity contribution in [2.45, 2.75) is 56.7 Å². The molecule has 2 aliphatic heterocycles. The van der Waals surface area contributed by atoms with Gasteiger partial charge in [0.15, 0.2) is 17.3 Å². The SMILES string of the molecule is COc1ncnc(OC)c1-n1c(NS(=O)(=O)[C@H]2C[C@@H](OC(C)C)CN(c3ncc(F)cn3)C2)nnc1[C@H]1CCCO1. The van der Waals surface area contributed by atoms with Crippen LogP contribution in [0.5, 0.6) is 11.8 Å². The average molecular weight is 594 g/mol. The summed E-state index contributed by atoms with van der Waals surface area (Å²) in [6, 6.07) is 0. The summed E-state index contributed by atoms with van der Waals surface area (Å²) in [6.07, 6.45) is 3.94. The van der Waals surface area contributed by atoms with Crippen LogP contribution in [0.1, 0.15) is 45.0 Å². The molecule has 0 amide bonds. The zero-order valence-corrected chi connectivity index (χ0v) is 23.9. The van der Waals surface area contributed by atoms with Gasteiger partial charge in [-0.2, -0.15) is 9.97 Å². The minimum Gasteiger partial charge on any atom is -0.479 e. The van der Waals surface area contributed by atoms with Gasteiger partial charge < -0.3 is 23.8 Å². The van der Waals surface area contributed by atoms with Crippen LogP contribution in [0.15, 0.2) is 18.7 Å². The van der Waals surface area contributed by atoms with Crippen molar-refractivity contribution in [1.82, 2.24) is 34.7 Å². The number of hydrogen-bond acceptors (Lipinski definition) is 13. The van der Waals surface area contributed by atoms with Crippen LogP contribution in [0.4, 0.5) is 16.3 Å². The third-order valence-corrected chi connectivity index (χ3v) is 8.36. The Bertz CT molecular complexity index is 1430. The lowest BCUT2D eigenvalue weighted by molar-refractivity contribution is 0.00147. The van der Waals surface area contributed by atoms with Gasteiger partial charge in [-0.3, -0.25) is 9.29 Å². The first kappa shape index (κ1) is 28.8. The number of nitrogens with zero attached hydrogens (tertiary/aromatic N) is 8. The van der Waals surface area contributed by atoms with Crippen LogP contribution in [0.25, 0.3) is 5.69 Å². The summed E-state index contributed by atoms with van der Waals surface area (Å²) in [5, 5.41) is 7.50. The monoisotopic (exact) mass is 593 g/mol. The summed E-state index contributed by atoms with van der Waals surface area (Å²) in [5.74, 6) is 0.0844. The van der Waals surface area contributed by atoms with Crippen molar-refractivity contribution in [3.05, 3.63) is 30.4 Å². The van der Waals surface area contributed by atoms with E-state index in [0.717, 1.165) is 18.8 Å². The highest BCUT2D eigenvalue weighted by Gasteiger charge is 2.39. The van der Waals surface area contributed by atoms with E-state index in [2.05, 4.69) is 34.9 Å². The summed E-state index contributed by atoms with van der Waals surface area (Å²) in [6.45, 7) is 4.64. The van der Waals surface area contributed by atoms with Gasteiger partial charge in [0.25, 0.3) is 0 Å². The summed E-state index contributed by atoms with van der Waals surface area (Å²) in [5.41, 5.74) is 0.219. The lowest BCUT2D eigenvalue weighted by Gasteiger charge is -2.37. The van der Waals surface area contributed by atoms with Crippen molar-refractivity contribution < 1.29 is 31.8 Å². The molecule has 0 bridgehead atoms. The van der Waals surface area contributed by atoms with E-state index in [-0.39, 0.29) is 48.4 Å². The molecule has 0 aromatic carbocycles. The van der Waals surface area contributed by atoms with E-state index < -0.39 is 33.3 Å². The average Bonchev–Trinajstić information content (AvgIpc) is 3.62. The van der Waals surface area contributed by atoms with E-state index >= 15 is 0 Å². The Labute approximate surface area is 236 Å². The molecule has 2 saturated heterocycles. The predicted octanol–water partition coefficient (Wildman–Crippen LogP) is 1.67. The molecule has 2 fully saturated rings. The van der Waals surface area contributed by atoms with Gasteiger partial charge in [0.05, 0.1) is 38.8 Å². The summed E-state index contributed by atoms with van der Waals surface area (Å²) < 4.78 is 68.2. The standard InChI is InChI=1S/C24H32FN9O6S/c1-14(2)40-16-8-17(12-33(11-16)23-26-9-15(25)10-27-23)41(35,36)32-24-31-30-20(18-6-5-7-39-18)34(24)19-21(37-3)28-13-29-22(19)38-4/h9-10,13-14,16-18H,5-8,11-12H2,1-4H3,(H,31,32)/t16-,17+,18-/m1/s1. The molecule has 222 valence electrons. The molecule has 5 rings (SSSR count). The fourth-order valence-corrected chi connectivity index (χ4v) is 6.37. The summed E-state index contributed by atoms with van der Waals surface area (Å²) in [4.78, 5) is 18.1. The Morgan fingerprint density at radius 3 is 2.39 bits per heavy atom. The lowest BCUT2D eigenvalue weighted by Crippen LogP contribution is -2.51. The highest BCUT2D eigenvalue weighted by molar-refractivity contribution is 7.93. The van der Waals surface area contributed by atoms with E-state index in [4.69, 9.17) is 18.9 Å². The summed E-state index contributed by atoms with van der Waals surface area (Å²) in [7, 11) is -1.27. The van der Waals surface area contributed by atoms with Gasteiger partial charge >= 0.3 is 0 Å². The number of aromatic nitrogens is 7. The quantitative estimate of drug-likeness (QED) is 0.361. The number of piperidine rings is 1. The second-order valence-corrected chi connectivity index (χ2v) is 11.8. The van der Waals surface area contributed by atoms with Crippen LogP contribution in [0.2, 0.25) is 0 Å². The molecule has 17 heteroatoms.